The largest absolute Gasteiger partial charge is 0.492 e. The number of hydrogen-bond donors (Lipinski definition) is 1. The van der Waals surface area contributed by atoms with Gasteiger partial charge in [0.2, 0.25) is 10.8 Å². The Kier molecular flexibility index (Phi) is 4.67. The molecule has 0 bridgehead atoms. The molecule has 0 unspecified atom stereocenters. The number of likely N-dealkylation sites (tertiary alicyclic amines) is 1. The van der Waals surface area contributed by atoms with Crippen LogP contribution in [0.2, 0.25) is 0 Å². The Morgan fingerprint density at radius 1 is 1.42 bits per heavy atom. The van der Waals surface area contributed by atoms with Crippen molar-refractivity contribution in [3.63, 3.8) is 0 Å². The van der Waals surface area contributed by atoms with E-state index in [0.717, 1.165) is 36.4 Å². The van der Waals surface area contributed by atoms with Gasteiger partial charge in [-0.3, -0.25) is 4.90 Å². The van der Waals surface area contributed by atoms with Crippen LogP contribution in [0.4, 0.5) is 4.39 Å². The number of piperidine rings is 1. The molecule has 0 saturated carbocycles. The summed E-state index contributed by atoms with van der Waals surface area (Å²) < 4.78 is 15.4. The van der Waals surface area contributed by atoms with Gasteiger partial charge in [-0.25, -0.2) is 9.37 Å². The normalized spacial score (nSPS) is 19.9. The Balaban J connectivity index is 1.82. The van der Waals surface area contributed by atoms with Crippen molar-refractivity contribution >= 4 is 16.3 Å². The highest BCUT2D eigenvalue weighted by Gasteiger charge is 2.32. The lowest BCUT2D eigenvalue weighted by Crippen LogP contribution is -2.37. The van der Waals surface area contributed by atoms with E-state index in [9.17, 15) is 9.50 Å². The number of rotatable bonds is 4. The van der Waals surface area contributed by atoms with Crippen molar-refractivity contribution in [3.05, 3.63) is 46.3 Å². The predicted octanol–water partition coefficient (Wildman–Crippen LogP) is 4.02. The molecule has 1 aliphatic rings. The second kappa shape index (κ2) is 6.96. The van der Waals surface area contributed by atoms with Crippen LogP contribution in [0.25, 0.3) is 4.96 Å². The number of nitrogens with zero attached hydrogens (tertiary/aromatic N) is 4. The first-order chi connectivity index (χ1) is 12.6. The standard InChI is InChI=1S/C19H23FN4OS/c1-3-15-21-19-24(22-15)18(25)17(26-19)16(13-7-4-8-14(20)10-13)23-9-5-6-12(2)11-23/h4,7-8,10,12,16,25H,3,5-6,9,11H2,1-2H3/t12-,16-/m0/s1. The van der Waals surface area contributed by atoms with E-state index in [-0.39, 0.29) is 17.7 Å². The van der Waals surface area contributed by atoms with Crippen LogP contribution < -0.4 is 0 Å². The highest BCUT2D eigenvalue weighted by molar-refractivity contribution is 7.17. The number of aromatic hydroxyl groups is 1. The van der Waals surface area contributed by atoms with Crippen LogP contribution in [-0.2, 0) is 6.42 Å². The van der Waals surface area contributed by atoms with E-state index in [4.69, 9.17) is 0 Å². The van der Waals surface area contributed by atoms with E-state index >= 15 is 0 Å². The second-order valence-electron chi connectivity index (χ2n) is 7.07. The highest BCUT2D eigenvalue weighted by Crippen LogP contribution is 2.41. The molecular formula is C19H23FN4OS. The topological polar surface area (TPSA) is 53.7 Å². The maximum absolute atomic E-state index is 13.9. The molecule has 138 valence electrons. The first-order valence-corrected chi connectivity index (χ1v) is 9.95. The molecule has 3 aromatic rings. The zero-order valence-electron chi connectivity index (χ0n) is 15.0. The number of thiazole rings is 1. The van der Waals surface area contributed by atoms with Gasteiger partial charge in [0.15, 0.2) is 5.82 Å². The molecule has 2 aromatic heterocycles. The Morgan fingerprint density at radius 3 is 2.96 bits per heavy atom. The van der Waals surface area contributed by atoms with Gasteiger partial charge in [-0.15, -0.1) is 5.10 Å². The summed E-state index contributed by atoms with van der Waals surface area (Å²) in [5, 5.41) is 15.2. The first kappa shape index (κ1) is 17.4. The molecule has 1 saturated heterocycles. The molecule has 3 heterocycles. The number of halogens is 1. The molecule has 7 heteroatoms. The zero-order valence-corrected chi connectivity index (χ0v) is 15.8. The molecule has 1 aliphatic heterocycles. The smallest absolute Gasteiger partial charge is 0.230 e. The number of fused-ring (bicyclic) bond motifs is 1. The lowest BCUT2D eigenvalue weighted by atomic mass is 9.95. The average molecular weight is 374 g/mol. The fraction of sp³-hybridized carbons (Fsp3) is 0.474. The van der Waals surface area contributed by atoms with Crippen molar-refractivity contribution in [1.82, 2.24) is 19.5 Å². The van der Waals surface area contributed by atoms with Gasteiger partial charge < -0.3 is 5.11 Å². The maximum atomic E-state index is 13.9. The Hall–Kier alpha value is -1.99. The van der Waals surface area contributed by atoms with Gasteiger partial charge >= 0.3 is 0 Å². The van der Waals surface area contributed by atoms with Crippen LogP contribution in [0, 0.1) is 11.7 Å². The lowest BCUT2D eigenvalue weighted by molar-refractivity contribution is 0.149. The van der Waals surface area contributed by atoms with Crippen LogP contribution in [0.5, 0.6) is 5.88 Å². The number of aromatic nitrogens is 3. The van der Waals surface area contributed by atoms with Crippen molar-refractivity contribution in [2.75, 3.05) is 13.1 Å². The first-order valence-electron chi connectivity index (χ1n) is 9.13. The van der Waals surface area contributed by atoms with Gasteiger partial charge in [-0.1, -0.05) is 37.3 Å². The highest BCUT2D eigenvalue weighted by atomic mass is 32.1. The SMILES string of the molecule is CCc1nc2sc([C@H](c3cccc(F)c3)N3CCC[C@H](C)C3)c(O)n2n1. The molecule has 5 nitrogen and oxygen atoms in total. The Bertz CT molecular complexity index is 922. The van der Waals surface area contributed by atoms with Gasteiger partial charge in [-0.2, -0.15) is 4.52 Å². The van der Waals surface area contributed by atoms with Gasteiger partial charge in [0.05, 0.1) is 10.9 Å². The summed E-state index contributed by atoms with van der Waals surface area (Å²) in [6, 6.07) is 6.49. The third-order valence-corrected chi connectivity index (χ3v) is 6.10. The minimum absolute atomic E-state index is 0.115. The van der Waals surface area contributed by atoms with Crippen molar-refractivity contribution in [3.8, 4) is 5.88 Å². The van der Waals surface area contributed by atoms with Crippen LogP contribution in [-0.4, -0.2) is 37.7 Å². The van der Waals surface area contributed by atoms with E-state index in [2.05, 4.69) is 21.9 Å². The molecule has 1 N–H and O–H groups in total. The van der Waals surface area contributed by atoms with E-state index in [1.807, 2.05) is 13.0 Å². The monoisotopic (exact) mass is 374 g/mol. The number of hydrogen-bond acceptors (Lipinski definition) is 5. The van der Waals surface area contributed by atoms with Crippen LogP contribution in [0.1, 0.15) is 49.0 Å². The fourth-order valence-electron chi connectivity index (χ4n) is 3.78. The summed E-state index contributed by atoms with van der Waals surface area (Å²) in [5.41, 5.74) is 0.856. The second-order valence-corrected chi connectivity index (χ2v) is 8.07. The van der Waals surface area contributed by atoms with E-state index in [1.165, 1.54) is 28.3 Å². The van der Waals surface area contributed by atoms with E-state index in [0.29, 0.717) is 16.7 Å². The van der Waals surface area contributed by atoms with E-state index < -0.39 is 0 Å². The van der Waals surface area contributed by atoms with Gasteiger partial charge in [0, 0.05) is 13.0 Å². The molecular weight excluding hydrogens is 351 g/mol. The van der Waals surface area contributed by atoms with Gasteiger partial charge in [0.1, 0.15) is 5.82 Å². The third-order valence-electron chi connectivity index (χ3n) is 5.03. The summed E-state index contributed by atoms with van der Waals surface area (Å²) >= 11 is 1.44. The van der Waals surface area contributed by atoms with Crippen LogP contribution in [0.15, 0.2) is 24.3 Å². The lowest BCUT2D eigenvalue weighted by Gasteiger charge is -2.37. The summed E-state index contributed by atoms with van der Waals surface area (Å²) in [6.45, 7) is 6.08. The molecule has 0 spiro atoms. The number of benzene rings is 1. The molecule has 26 heavy (non-hydrogen) atoms. The molecule has 0 radical (unpaired) electrons. The molecule has 0 amide bonds. The maximum Gasteiger partial charge on any atom is 0.230 e. The zero-order chi connectivity index (χ0) is 18.3. The quantitative estimate of drug-likeness (QED) is 0.749. The Morgan fingerprint density at radius 2 is 2.27 bits per heavy atom. The van der Waals surface area contributed by atoms with Crippen molar-refractivity contribution < 1.29 is 9.50 Å². The van der Waals surface area contributed by atoms with Gasteiger partial charge in [0.25, 0.3) is 0 Å². The van der Waals surface area contributed by atoms with Crippen molar-refractivity contribution in [2.24, 2.45) is 5.92 Å². The molecule has 1 aromatic carbocycles. The number of aryl methyl sites for hydroxylation is 1. The van der Waals surface area contributed by atoms with Crippen molar-refractivity contribution in [2.45, 2.75) is 39.2 Å². The molecule has 4 rings (SSSR count). The fourth-order valence-corrected chi connectivity index (χ4v) is 4.92. The van der Waals surface area contributed by atoms with Crippen molar-refractivity contribution in [1.29, 1.82) is 0 Å². The predicted molar refractivity (Wildman–Crippen MR) is 100 cm³/mol. The van der Waals surface area contributed by atoms with Gasteiger partial charge in [-0.05, 0) is 43.0 Å². The molecule has 2 atom stereocenters. The van der Waals surface area contributed by atoms with Crippen LogP contribution in [0.3, 0.4) is 0 Å². The van der Waals surface area contributed by atoms with E-state index in [1.54, 1.807) is 12.1 Å². The third kappa shape index (κ3) is 3.10. The minimum Gasteiger partial charge on any atom is -0.492 e. The molecule has 1 fully saturated rings. The minimum atomic E-state index is -0.259. The summed E-state index contributed by atoms with van der Waals surface area (Å²) in [7, 11) is 0. The average Bonchev–Trinajstić information content (AvgIpc) is 3.15. The Labute approximate surface area is 156 Å². The summed E-state index contributed by atoms with van der Waals surface area (Å²) in [5.74, 6) is 1.15. The van der Waals surface area contributed by atoms with Crippen LogP contribution >= 0.6 is 11.3 Å². The summed E-state index contributed by atoms with van der Waals surface area (Å²) in [4.78, 5) is 8.29. The summed E-state index contributed by atoms with van der Waals surface area (Å²) in [6.07, 6.45) is 3.03. The molecule has 0 aliphatic carbocycles.